The highest BCUT2D eigenvalue weighted by Gasteiger charge is 2.25. The molecule has 1 aromatic heterocycles. The zero-order chi connectivity index (χ0) is 13.9. The lowest BCUT2D eigenvalue weighted by molar-refractivity contribution is 0.264. The third-order valence-corrected chi connectivity index (χ3v) is 3.53. The summed E-state index contributed by atoms with van der Waals surface area (Å²) in [5.74, 6) is 0.942. The Morgan fingerprint density at radius 1 is 1.11 bits per heavy atom. The Labute approximate surface area is 123 Å². The first-order chi connectivity index (χ1) is 8.97. The van der Waals surface area contributed by atoms with E-state index < -0.39 is 0 Å². The highest BCUT2D eigenvalue weighted by Crippen LogP contribution is 2.33. The van der Waals surface area contributed by atoms with Crippen molar-refractivity contribution in [3.63, 3.8) is 0 Å². The third-order valence-electron chi connectivity index (χ3n) is 3.11. The molecule has 0 bridgehead atoms. The molecule has 0 radical (unpaired) electrons. The second kappa shape index (κ2) is 5.93. The lowest BCUT2D eigenvalue weighted by Gasteiger charge is -2.32. The van der Waals surface area contributed by atoms with Gasteiger partial charge in [-0.05, 0) is 39.0 Å². The monoisotopic (exact) mass is 321 g/mol. The number of hydrogen-bond donors (Lipinski definition) is 1. The standard InChI is InChI=1S/C16H20BrNO/c1-16(2,3)15(12-7-5-4-6-8-12)18-11-13-9-10-14(17)19-13/h4-10,15,18H,11H2,1-3H3. The molecule has 1 atom stereocenters. The molecule has 1 aromatic carbocycles. The van der Waals surface area contributed by atoms with Gasteiger partial charge in [-0.15, -0.1) is 0 Å². The molecule has 1 unspecified atom stereocenters. The SMILES string of the molecule is CC(C)(C)C(NCc1ccc(Br)o1)c1ccccc1. The molecule has 1 N–H and O–H groups in total. The molecular weight excluding hydrogens is 302 g/mol. The summed E-state index contributed by atoms with van der Waals surface area (Å²) in [4.78, 5) is 0. The second-order valence-corrected chi connectivity index (χ2v) is 6.58. The Morgan fingerprint density at radius 2 is 1.79 bits per heavy atom. The van der Waals surface area contributed by atoms with Crippen LogP contribution in [-0.2, 0) is 6.54 Å². The normalized spacial score (nSPS) is 13.5. The predicted octanol–water partition coefficient (Wildman–Crippen LogP) is 4.92. The minimum atomic E-state index is 0.144. The van der Waals surface area contributed by atoms with E-state index in [4.69, 9.17) is 4.42 Å². The fourth-order valence-electron chi connectivity index (χ4n) is 2.22. The maximum atomic E-state index is 5.54. The molecule has 3 heteroatoms. The van der Waals surface area contributed by atoms with E-state index in [-0.39, 0.29) is 11.5 Å². The molecule has 2 rings (SSSR count). The smallest absolute Gasteiger partial charge is 0.169 e. The summed E-state index contributed by atoms with van der Waals surface area (Å²) in [6.45, 7) is 7.46. The van der Waals surface area contributed by atoms with Gasteiger partial charge in [0.15, 0.2) is 4.67 Å². The number of halogens is 1. The number of nitrogens with one attached hydrogen (secondary N) is 1. The van der Waals surface area contributed by atoms with Gasteiger partial charge in [0.2, 0.25) is 0 Å². The average molecular weight is 322 g/mol. The Hall–Kier alpha value is -1.06. The Bertz CT molecular complexity index is 513. The van der Waals surface area contributed by atoms with Crippen LogP contribution in [0.15, 0.2) is 51.6 Å². The van der Waals surface area contributed by atoms with Crippen molar-refractivity contribution in [2.75, 3.05) is 0 Å². The van der Waals surface area contributed by atoms with Crippen molar-refractivity contribution in [2.45, 2.75) is 33.4 Å². The zero-order valence-corrected chi connectivity index (χ0v) is 13.2. The Morgan fingerprint density at radius 3 is 2.32 bits per heavy atom. The van der Waals surface area contributed by atoms with Crippen molar-refractivity contribution in [2.24, 2.45) is 5.41 Å². The van der Waals surface area contributed by atoms with Crippen molar-refractivity contribution < 1.29 is 4.42 Å². The lowest BCUT2D eigenvalue weighted by atomic mass is 9.82. The summed E-state index contributed by atoms with van der Waals surface area (Å²) in [6.07, 6.45) is 0. The minimum absolute atomic E-state index is 0.144. The summed E-state index contributed by atoms with van der Waals surface area (Å²) >= 11 is 3.33. The summed E-state index contributed by atoms with van der Waals surface area (Å²) in [7, 11) is 0. The van der Waals surface area contributed by atoms with Crippen LogP contribution in [0.25, 0.3) is 0 Å². The van der Waals surface area contributed by atoms with Gasteiger partial charge in [-0.25, -0.2) is 0 Å². The second-order valence-electron chi connectivity index (χ2n) is 5.80. The van der Waals surface area contributed by atoms with Crippen LogP contribution in [0.1, 0.15) is 38.1 Å². The summed E-state index contributed by atoms with van der Waals surface area (Å²) in [5, 5.41) is 3.59. The highest BCUT2D eigenvalue weighted by molar-refractivity contribution is 9.10. The molecule has 0 aliphatic rings. The van der Waals surface area contributed by atoms with Crippen molar-refractivity contribution in [1.82, 2.24) is 5.32 Å². The Kier molecular flexibility index (Phi) is 4.48. The molecule has 19 heavy (non-hydrogen) atoms. The Balaban J connectivity index is 2.11. The molecule has 0 saturated carbocycles. The van der Waals surface area contributed by atoms with E-state index in [2.05, 4.69) is 66.3 Å². The van der Waals surface area contributed by atoms with Gasteiger partial charge in [0.1, 0.15) is 5.76 Å². The van der Waals surface area contributed by atoms with Crippen LogP contribution in [0.4, 0.5) is 0 Å². The first-order valence-electron chi connectivity index (χ1n) is 6.49. The lowest BCUT2D eigenvalue weighted by Crippen LogP contribution is -2.31. The molecule has 0 spiro atoms. The van der Waals surface area contributed by atoms with E-state index in [1.807, 2.05) is 18.2 Å². The fourth-order valence-corrected chi connectivity index (χ4v) is 2.56. The van der Waals surface area contributed by atoms with E-state index >= 15 is 0 Å². The van der Waals surface area contributed by atoms with E-state index in [0.717, 1.165) is 17.0 Å². The average Bonchev–Trinajstić information content (AvgIpc) is 2.75. The van der Waals surface area contributed by atoms with Crippen molar-refractivity contribution in [3.05, 3.63) is 58.5 Å². The third kappa shape index (κ3) is 3.95. The molecule has 0 saturated heterocycles. The van der Waals surface area contributed by atoms with E-state index in [1.54, 1.807) is 0 Å². The zero-order valence-electron chi connectivity index (χ0n) is 11.6. The van der Waals surface area contributed by atoms with Crippen molar-refractivity contribution in [3.8, 4) is 0 Å². The van der Waals surface area contributed by atoms with Crippen LogP contribution < -0.4 is 5.32 Å². The van der Waals surface area contributed by atoms with Gasteiger partial charge in [0, 0.05) is 6.04 Å². The van der Waals surface area contributed by atoms with Crippen LogP contribution in [-0.4, -0.2) is 0 Å². The maximum absolute atomic E-state index is 5.54. The van der Waals surface area contributed by atoms with Gasteiger partial charge in [-0.3, -0.25) is 0 Å². The molecule has 2 aromatic rings. The van der Waals surface area contributed by atoms with Crippen LogP contribution in [0.2, 0.25) is 0 Å². The van der Waals surface area contributed by atoms with Gasteiger partial charge in [0.05, 0.1) is 6.54 Å². The highest BCUT2D eigenvalue weighted by atomic mass is 79.9. The molecule has 2 nitrogen and oxygen atoms in total. The molecular formula is C16H20BrNO. The topological polar surface area (TPSA) is 25.2 Å². The van der Waals surface area contributed by atoms with Gasteiger partial charge in [-0.2, -0.15) is 0 Å². The maximum Gasteiger partial charge on any atom is 0.169 e. The van der Waals surface area contributed by atoms with Gasteiger partial charge >= 0.3 is 0 Å². The van der Waals surface area contributed by atoms with E-state index in [0.29, 0.717) is 0 Å². The first-order valence-corrected chi connectivity index (χ1v) is 7.28. The van der Waals surface area contributed by atoms with Gasteiger partial charge < -0.3 is 9.73 Å². The van der Waals surface area contributed by atoms with E-state index in [1.165, 1.54) is 5.56 Å². The number of rotatable bonds is 4. The van der Waals surface area contributed by atoms with Crippen LogP contribution >= 0.6 is 15.9 Å². The quantitative estimate of drug-likeness (QED) is 0.864. The van der Waals surface area contributed by atoms with E-state index in [9.17, 15) is 0 Å². The molecule has 1 heterocycles. The minimum Gasteiger partial charge on any atom is -0.453 e. The number of benzene rings is 1. The van der Waals surface area contributed by atoms with Crippen molar-refractivity contribution in [1.29, 1.82) is 0 Å². The summed E-state index contributed by atoms with van der Waals surface area (Å²) < 4.78 is 6.31. The largest absolute Gasteiger partial charge is 0.453 e. The predicted molar refractivity (Wildman–Crippen MR) is 81.9 cm³/mol. The van der Waals surface area contributed by atoms with Crippen LogP contribution in [0.3, 0.4) is 0 Å². The van der Waals surface area contributed by atoms with Gasteiger partial charge in [0.25, 0.3) is 0 Å². The fraction of sp³-hybridized carbons (Fsp3) is 0.375. The first kappa shape index (κ1) is 14.4. The summed E-state index contributed by atoms with van der Waals surface area (Å²) in [5.41, 5.74) is 1.45. The molecule has 0 aliphatic carbocycles. The molecule has 0 fully saturated rings. The molecule has 102 valence electrons. The number of hydrogen-bond acceptors (Lipinski definition) is 2. The number of furan rings is 1. The van der Waals surface area contributed by atoms with Crippen LogP contribution in [0, 0.1) is 5.41 Å². The summed E-state index contributed by atoms with van der Waals surface area (Å²) in [6, 6.07) is 14.7. The molecule has 0 aliphatic heterocycles. The van der Waals surface area contributed by atoms with Crippen molar-refractivity contribution >= 4 is 15.9 Å². The molecule has 0 amide bonds. The van der Waals surface area contributed by atoms with Gasteiger partial charge in [-0.1, -0.05) is 51.1 Å². The van der Waals surface area contributed by atoms with Crippen LogP contribution in [0.5, 0.6) is 0 Å².